The summed E-state index contributed by atoms with van der Waals surface area (Å²) in [7, 11) is 0. The van der Waals surface area contributed by atoms with Crippen LogP contribution in [0.4, 0.5) is 0 Å². The summed E-state index contributed by atoms with van der Waals surface area (Å²) in [6, 6.07) is 0. The number of hydrogen-bond donors (Lipinski definition) is 0. The van der Waals surface area contributed by atoms with Crippen molar-refractivity contribution in [2.75, 3.05) is 6.54 Å². The Kier molecular flexibility index (Phi) is 3.85. The molecule has 0 N–H and O–H groups in total. The molecule has 1 amide bonds. The summed E-state index contributed by atoms with van der Waals surface area (Å²) in [6.45, 7) is 4.46. The molecule has 0 atom stereocenters. The highest BCUT2D eigenvalue weighted by Gasteiger charge is 2.14. The van der Waals surface area contributed by atoms with Crippen molar-refractivity contribution in [2.24, 2.45) is 5.92 Å². The zero-order valence-corrected chi connectivity index (χ0v) is 7.54. The number of rotatable bonds is 4. The molecule has 1 fully saturated rings. The first-order valence-electron chi connectivity index (χ1n) is 4.70. The van der Waals surface area contributed by atoms with Crippen molar-refractivity contribution in [1.29, 1.82) is 0 Å². The molecule has 12 heavy (non-hydrogen) atoms. The van der Waals surface area contributed by atoms with E-state index in [1.165, 1.54) is 32.1 Å². The van der Waals surface area contributed by atoms with Crippen LogP contribution in [0.2, 0.25) is 0 Å². The molecule has 0 unspecified atom stereocenters. The molecule has 0 aromatic heterocycles. The molecule has 0 aliphatic heterocycles. The minimum atomic E-state index is 0.710. The van der Waals surface area contributed by atoms with Crippen molar-refractivity contribution < 1.29 is 4.79 Å². The van der Waals surface area contributed by atoms with Gasteiger partial charge in [0.05, 0.1) is 0 Å². The Morgan fingerprint density at radius 1 is 1.33 bits per heavy atom. The molecule has 2 nitrogen and oxygen atoms in total. The van der Waals surface area contributed by atoms with E-state index in [9.17, 15) is 4.79 Å². The van der Waals surface area contributed by atoms with Crippen LogP contribution >= 0.6 is 0 Å². The zero-order valence-electron chi connectivity index (χ0n) is 7.54. The number of nitrogens with zero attached hydrogens (tertiary/aromatic N) is 1. The van der Waals surface area contributed by atoms with Crippen LogP contribution in [-0.4, -0.2) is 17.9 Å². The molecule has 2 heteroatoms. The highest BCUT2D eigenvalue weighted by molar-refractivity contribution is 5.48. The van der Waals surface area contributed by atoms with Gasteiger partial charge in [-0.05, 0) is 25.0 Å². The van der Waals surface area contributed by atoms with Crippen LogP contribution in [-0.2, 0) is 4.79 Å². The maximum Gasteiger partial charge on any atom is 0.213 e. The standard InChI is InChI=1S/C10H17NO/c1-2-11(9-12)8-10-6-4-3-5-7-10/h2,9-10H,1,3-8H2. The van der Waals surface area contributed by atoms with Crippen molar-refractivity contribution >= 4 is 6.41 Å². The van der Waals surface area contributed by atoms with Gasteiger partial charge in [0.15, 0.2) is 0 Å². The van der Waals surface area contributed by atoms with E-state index < -0.39 is 0 Å². The van der Waals surface area contributed by atoms with Crippen molar-refractivity contribution in [3.63, 3.8) is 0 Å². The monoisotopic (exact) mass is 167 g/mol. The minimum absolute atomic E-state index is 0.710. The van der Waals surface area contributed by atoms with E-state index in [4.69, 9.17) is 0 Å². The molecule has 0 bridgehead atoms. The Morgan fingerprint density at radius 3 is 2.50 bits per heavy atom. The molecule has 0 spiro atoms. The average Bonchev–Trinajstić information content (AvgIpc) is 2.16. The smallest absolute Gasteiger partial charge is 0.213 e. The summed E-state index contributed by atoms with van der Waals surface area (Å²) in [5, 5.41) is 0. The van der Waals surface area contributed by atoms with Gasteiger partial charge in [-0.2, -0.15) is 0 Å². The topological polar surface area (TPSA) is 20.3 Å². The lowest BCUT2D eigenvalue weighted by Gasteiger charge is -2.24. The quantitative estimate of drug-likeness (QED) is 0.588. The van der Waals surface area contributed by atoms with Crippen LogP contribution in [0.15, 0.2) is 12.8 Å². The first-order chi connectivity index (χ1) is 5.86. The molecular formula is C10H17NO. The largest absolute Gasteiger partial charge is 0.322 e. The predicted molar refractivity (Wildman–Crippen MR) is 49.5 cm³/mol. The first kappa shape index (κ1) is 9.30. The number of carbonyl (C=O) groups excluding carboxylic acids is 1. The van der Waals surface area contributed by atoms with Crippen molar-refractivity contribution in [3.05, 3.63) is 12.8 Å². The van der Waals surface area contributed by atoms with Crippen LogP contribution in [0.1, 0.15) is 32.1 Å². The zero-order chi connectivity index (χ0) is 8.81. The van der Waals surface area contributed by atoms with Gasteiger partial charge < -0.3 is 4.90 Å². The van der Waals surface area contributed by atoms with E-state index in [0.717, 1.165) is 13.0 Å². The molecule has 0 saturated heterocycles. The molecule has 1 aliphatic carbocycles. The Morgan fingerprint density at radius 2 is 2.00 bits per heavy atom. The highest BCUT2D eigenvalue weighted by atomic mass is 16.1. The summed E-state index contributed by atoms with van der Waals surface area (Å²) >= 11 is 0. The van der Waals surface area contributed by atoms with Crippen molar-refractivity contribution in [1.82, 2.24) is 4.90 Å². The van der Waals surface area contributed by atoms with Gasteiger partial charge in [0.25, 0.3) is 0 Å². The normalized spacial score (nSPS) is 18.7. The Hall–Kier alpha value is -0.790. The fourth-order valence-electron chi connectivity index (χ4n) is 1.83. The van der Waals surface area contributed by atoms with Gasteiger partial charge >= 0.3 is 0 Å². The lowest BCUT2D eigenvalue weighted by molar-refractivity contribution is -0.116. The number of amides is 1. The first-order valence-corrected chi connectivity index (χ1v) is 4.70. The van der Waals surface area contributed by atoms with Crippen LogP contribution < -0.4 is 0 Å². The van der Waals surface area contributed by atoms with E-state index >= 15 is 0 Å². The third-order valence-corrected chi connectivity index (χ3v) is 2.56. The van der Waals surface area contributed by atoms with Gasteiger partial charge in [0.1, 0.15) is 0 Å². The predicted octanol–water partition coefficient (Wildman–Crippen LogP) is 2.17. The molecule has 68 valence electrons. The van der Waals surface area contributed by atoms with Gasteiger partial charge in [-0.15, -0.1) is 0 Å². The molecule has 0 heterocycles. The minimum Gasteiger partial charge on any atom is -0.322 e. The summed E-state index contributed by atoms with van der Waals surface area (Å²) in [5.41, 5.74) is 0. The maximum atomic E-state index is 10.5. The van der Waals surface area contributed by atoms with E-state index in [1.54, 1.807) is 11.1 Å². The lowest BCUT2D eigenvalue weighted by Crippen LogP contribution is -2.24. The van der Waals surface area contributed by atoms with Gasteiger partial charge in [-0.3, -0.25) is 4.79 Å². The number of hydrogen-bond acceptors (Lipinski definition) is 1. The summed E-state index contributed by atoms with van der Waals surface area (Å²) in [4.78, 5) is 12.1. The van der Waals surface area contributed by atoms with Crippen LogP contribution in [0.25, 0.3) is 0 Å². The van der Waals surface area contributed by atoms with Crippen LogP contribution in [0, 0.1) is 5.92 Å². The third kappa shape index (κ3) is 2.68. The molecule has 0 aromatic carbocycles. The van der Waals surface area contributed by atoms with Crippen LogP contribution in [0.3, 0.4) is 0 Å². The maximum absolute atomic E-state index is 10.5. The molecule has 1 aliphatic rings. The summed E-state index contributed by atoms with van der Waals surface area (Å²) in [5.74, 6) is 0.710. The van der Waals surface area contributed by atoms with Crippen molar-refractivity contribution in [3.8, 4) is 0 Å². The SMILES string of the molecule is C=CN(C=O)CC1CCCCC1. The molecule has 0 aromatic rings. The second-order valence-electron chi connectivity index (χ2n) is 3.49. The van der Waals surface area contributed by atoms with Gasteiger partial charge in [0, 0.05) is 6.54 Å². The summed E-state index contributed by atoms with van der Waals surface area (Å²) < 4.78 is 0. The third-order valence-electron chi connectivity index (χ3n) is 2.56. The molecule has 1 saturated carbocycles. The van der Waals surface area contributed by atoms with Crippen molar-refractivity contribution in [2.45, 2.75) is 32.1 Å². The van der Waals surface area contributed by atoms with Gasteiger partial charge in [-0.1, -0.05) is 25.8 Å². The second-order valence-corrected chi connectivity index (χ2v) is 3.49. The summed E-state index contributed by atoms with van der Waals surface area (Å²) in [6.07, 6.45) is 9.05. The van der Waals surface area contributed by atoms with Gasteiger partial charge in [0.2, 0.25) is 6.41 Å². The van der Waals surface area contributed by atoms with Gasteiger partial charge in [-0.25, -0.2) is 0 Å². The second kappa shape index (κ2) is 4.96. The molecule has 0 radical (unpaired) electrons. The van der Waals surface area contributed by atoms with E-state index in [1.807, 2.05) is 0 Å². The van der Waals surface area contributed by atoms with E-state index in [0.29, 0.717) is 5.92 Å². The fourth-order valence-corrected chi connectivity index (χ4v) is 1.83. The lowest BCUT2D eigenvalue weighted by atomic mass is 9.89. The Balaban J connectivity index is 2.27. The molecular weight excluding hydrogens is 150 g/mol. The number of carbonyl (C=O) groups is 1. The van der Waals surface area contributed by atoms with E-state index in [2.05, 4.69) is 6.58 Å². The molecule has 1 rings (SSSR count). The Labute approximate surface area is 74.2 Å². The Bertz CT molecular complexity index is 142. The highest BCUT2D eigenvalue weighted by Crippen LogP contribution is 2.23. The van der Waals surface area contributed by atoms with Crippen LogP contribution in [0.5, 0.6) is 0 Å². The fraction of sp³-hybridized carbons (Fsp3) is 0.700. The average molecular weight is 167 g/mol. The van der Waals surface area contributed by atoms with E-state index in [-0.39, 0.29) is 0 Å².